The number of rotatable bonds is 0. The number of hydrogen-bond acceptors (Lipinski definition) is 0. The Morgan fingerprint density at radius 1 is 1.00 bits per heavy atom. The molecule has 0 saturated heterocycles. The second-order valence-electron chi connectivity index (χ2n) is 0. The molecule has 0 nitrogen and oxygen atoms in total. The summed E-state index contributed by atoms with van der Waals surface area (Å²) in [7, 11) is 0. The van der Waals surface area contributed by atoms with Gasteiger partial charge in [0.2, 0.25) is 0 Å². The van der Waals surface area contributed by atoms with Crippen molar-refractivity contribution in [2.45, 2.75) is 0 Å². The molecule has 0 rings (SSSR count). The second kappa shape index (κ2) is 23.7. The largest absolute Gasteiger partial charge is 1.00 e. The average molecular weight is 137 g/mol. The predicted octanol–water partition coefficient (Wildman–Crippen LogP) is -2.58. The summed E-state index contributed by atoms with van der Waals surface area (Å²) in [6, 6.07) is 0. The van der Waals surface area contributed by atoms with Crippen LogP contribution in [0.1, 0.15) is 1.43 Å². The molecule has 0 unspecified atom stereocenters. The van der Waals surface area contributed by atoms with Crippen molar-refractivity contribution in [1.29, 1.82) is 0 Å². The Kier molecular flexibility index (Phi) is 282. The fourth-order valence-electron chi connectivity index (χ4n) is 0. The van der Waals surface area contributed by atoms with E-state index < -0.39 is 0 Å². The first-order valence-electron chi connectivity index (χ1n) is 0. The molecule has 0 aliphatic heterocycles. The molecule has 1 radical (unpaired) electrons. The Bertz CT molecular complexity index is 9.61. The van der Waals surface area contributed by atoms with Crippen molar-refractivity contribution in [2.24, 2.45) is 0 Å². The molecule has 0 aromatic rings. The first-order valence-corrected chi connectivity index (χ1v) is 0. The van der Waals surface area contributed by atoms with Crippen molar-refractivity contribution < 1.29 is 62.4 Å². The van der Waals surface area contributed by atoms with E-state index in [9.17, 15) is 0 Å². The van der Waals surface area contributed by atoms with Gasteiger partial charge in [-0.3, -0.25) is 9.41 Å². The van der Waals surface area contributed by atoms with E-state index in [2.05, 4.69) is 0 Å². The summed E-state index contributed by atoms with van der Waals surface area (Å²) in [6.45, 7) is 0. The molecule has 0 N–H and O–H groups in total. The van der Waals surface area contributed by atoms with E-state index in [1.807, 2.05) is 0 Å². The standard InChI is InChI=1S/2FH.Li.Y.H/h2*1H;;;/q;;+1;;-1. The maximum Gasteiger partial charge on any atom is 1.00 e. The number of halogens is 2. The van der Waals surface area contributed by atoms with Gasteiger partial charge in [-0.05, 0) is 0 Å². The van der Waals surface area contributed by atoms with Crippen LogP contribution >= 0.6 is 0 Å². The van der Waals surface area contributed by atoms with Gasteiger partial charge in [0.15, 0.2) is 0 Å². The van der Waals surface area contributed by atoms with Crippen LogP contribution in [0.15, 0.2) is 0 Å². The van der Waals surface area contributed by atoms with E-state index in [4.69, 9.17) is 0 Å². The summed E-state index contributed by atoms with van der Waals surface area (Å²) >= 11 is 0. The Hall–Kier alpha value is 1.56. The van der Waals surface area contributed by atoms with Crippen LogP contribution in [0.25, 0.3) is 0 Å². The summed E-state index contributed by atoms with van der Waals surface area (Å²) < 4.78 is 0. The Balaban J connectivity index is 0. The second-order valence-corrected chi connectivity index (χ2v) is 0. The maximum absolute atomic E-state index is 0. The van der Waals surface area contributed by atoms with Crippen molar-refractivity contribution >= 4 is 0 Å². The van der Waals surface area contributed by atoms with Gasteiger partial charge in [0.1, 0.15) is 0 Å². The van der Waals surface area contributed by atoms with Crippen molar-refractivity contribution in [1.82, 2.24) is 0 Å². The van der Waals surface area contributed by atoms with Crippen LogP contribution in [0.5, 0.6) is 0 Å². The third-order valence-corrected chi connectivity index (χ3v) is 0. The van der Waals surface area contributed by atoms with Crippen LogP contribution in [0.2, 0.25) is 0 Å². The number of hydrogen-bond donors (Lipinski definition) is 0. The van der Waals surface area contributed by atoms with Crippen molar-refractivity contribution in [3.05, 3.63) is 0 Å². The quantitative estimate of drug-likeness (QED) is 0.321. The molecule has 0 fully saturated rings. The van der Waals surface area contributed by atoms with E-state index in [1.54, 1.807) is 0 Å². The zero-order valence-electron chi connectivity index (χ0n) is 3.39. The average Bonchev–Trinajstić information content (AvgIpc) is 0. The van der Waals surface area contributed by atoms with Crippen LogP contribution in [0.3, 0.4) is 0 Å². The zero-order chi connectivity index (χ0) is 0. The van der Waals surface area contributed by atoms with Gasteiger partial charge >= 0.3 is 18.9 Å². The van der Waals surface area contributed by atoms with Crippen LogP contribution < -0.4 is 18.9 Å². The Morgan fingerprint density at radius 3 is 1.00 bits per heavy atom. The minimum Gasteiger partial charge on any atom is -1.00 e. The maximum atomic E-state index is 0. The molecule has 0 aromatic carbocycles. The van der Waals surface area contributed by atoms with Crippen molar-refractivity contribution in [3.63, 3.8) is 0 Å². The normalized spacial score (nSPS) is 0. The van der Waals surface area contributed by atoms with E-state index in [-0.39, 0.29) is 62.4 Å². The Labute approximate surface area is 62.0 Å². The molecule has 4 heteroatoms. The zero-order valence-corrected chi connectivity index (χ0v) is 5.23. The third kappa shape index (κ3) is 9.58. The van der Waals surface area contributed by atoms with E-state index in [0.717, 1.165) is 0 Å². The first-order chi connectivity index (χ1) is 0. The fourth-order valence-corrected chi connectivity index (χ4v) is 0. The van der Waals surface area contributed by atoms with Gasteiger partial charge in [-0.15, -0.1) is 0 Å². The molecule has 0 spiro atoms. The van der Waals surface area contributed by atoms with Gasteiger partial charge in [0.25, 0.3) is 0 Å². The van der Waals surface area contributed by atoms with Gasteiger partial charge in [-0.25, -0.2) is 0 Å². The van der Waals surface area contributed by atoms with Crippen LogP contribution in [0, 0.1) is 0 Å². The monoisotopic (exact) mass is 137 g/mol. The molecule has 0 amide bonds. The molecule has 0 bridgehead atoms. The predicted molar refractivity (Wildman–Crippen MR) is 6.12 cm³/mol. The molecule has 0 atom stereocenters. The SMILES string of the molecule is F.F.[H-].[Li+].[Y]. The molecule has 0 heterocycles. The fraction of sp³-hybridized carbons (Fsp3) is 0. The topological polar surface area (TPSA) is 0 Å². The smallest absolute Gasteiger partial charge is 1.00 e. The summed E-state index contributed by atoms with van der Waals surface area (Å²) in [4.78, 5) is 0. The molecule has 0 aromatic heterocycles. The minimum absolute atomic E-state index is 0. The molecule has 4 heavy (non-hydrogen) atoms. The molecule has 0 aliphatic carbocycles. The minimum atomic E-state index is 0. The first kappa shape index (κ1) is 47.5. The van der Waals surface area contributed by atoms with Crippen LogP contribution in [0.4, 0.5) is 9.41 Å². The van der Waals surface area contributed by atoms with Crippen molar-refractivity contribution in [2.75, 3.05) is 0 Å². The van der Waals surface area contributed by atoms with Crippen molar-refractivity contribution in [3.8, 4) is 0 Å². The molecule has 0 aliphatic rings. The molecule has 0 saturated carbocycles. The van der Waals surface area contributed by atoms with Gasteiger partial charge in [-0.2, -0.15) is 0 Å². The van der Waals surface area contributed by atoms with E-state index >= 15 is 0 Å². The summed E-state index contributed by atoms with van der Waals surface area (Å²) in [5.41, 5.74) is 0. The van der Waals surface area contributed by atoms with E-state index in [0.29, 0.717) is 0 Å². The third-order valence-electron chi connectivity index (χ3n) is 0. The van der Waals surface area contributed by atoms with Crippen LogP contribution in [-0.4, -0.2) is 0 Å². The van der Waals surface area contributed by atoms with Gasteiger partial charge in [0.05, 0.1) is 0 Å². The summed E-state index contributed by atoms with van der Waals surface area (Å²) in [5.74, 6) is 0. The molecule has 21 valence electrons. The van der Waals surface area contributed by atoms with Gasteiger partial charge < -0.3 is 1.43 Å². The molecular formula is H3F2LiY. The summed E-state index contributed by atoms with van der Waals surface area (Å²) in [5, 5.41) is 0. The van der Waals surface area contributed by atoms with Gasteiger partial charge in [-0.1, -0.05) is 0 Å². The van der Waals surface area contributed by atoms with Gasteiger partial charge in [0, 0.05) is 32.7 Å². The van der Waals surface area contributed by atoms with Crippen LogP contribution in [-0.2, 0) is 32.7 Å². The Morgan fingerprint density at radius 2 is 1.00 bits per heavy atom. The molecular weight excluding hydrogens is 134 g/mol. The summed E-state index contributed by atoms with van der Waals surface area (Å²) in [6.07, 6.45) is 0. The van der Waals surface area contributed by atoms with E-state index in [1.165, 1.54) is 0 Å².